The number of aliphatic hydroxyl groups is 1. The van der Waals surface area contributed by atoms with E-state index in [0.717, 1.165) is 25.5 Å². The Kier molecular flexibility index (Phi) is 8.75. The van der Waals surface area contributed by atoms with Gasteiger partial charge in [0.2, 0.25) is 0 Å². The summed E-state index contributed by atoms with van der Waals surface area (Å²) < 4.78 is 11.1. The molecule has 0 bridgehead atoms. The molecule has 1 fully saturated rings. The number of aliphatic imine (C=N–C) groups is 1. The SMILES string of the molecule is CCNC(=NCC(O)(CC)CC)NC(C)COC1CCOC1. The fourth-order valence-electron chi connectivity index (χ4n) is 2.22. The van der Waals surface area contributed by atoms with E-state index in [2.05, 4.69) is 22.5 Å². The lowest BCUT2D eigenvalue weighted by Gasteiger charge is -2.24. The quantitative estimate of drug-likeness (QED) is 0.441. The Morgan fingerprint density at radius 3 is 2.68 bits per heavy atom. The fourth-order valence-corrected chi connectivity index (χ4v) is 2.22. The molecule has 0 aliphatic carbocycles. The van der Waals surface area contributed by atoms with Crippen LogP contribution in [0, 0.1) is 0 Å². The molecule has 0 radical (unpaired) electrons. The Morgan fingerprint density at radius 1 is 1.41 bits per heavy atom. The highest BCUT2D eigenvalue weighted by atomic mass is 16.5. The summed E-state index contributed by atoms with van der Waals surface area (Å²) in [5.41, 5.74) is -0.719. The first kappa shape index (κ1) is 19.2. The maximum absolute atomic E-state index is 10.3. The molecule has 6 heteroatoms. The van der Waals surface area contributed by atoms with Crippen molar-refractivity contribution >= 4 is 5.96 Å². The van der Waals surface area contributed by atoms with E-state index in [0.29, 0.717) is 32.6 Å². The summed E-state index contributed by atoms with van der Waals surface area (Å²) in [7, 11) is 0. The van der Waals surface area contributed by atoms with E-state index in [1.807, 2.05) is 20.8 Å². The molecular formula is C16H33N3O3. The Morgan fingerprint density at radius 2 is 2.14 bits per heavy atom. The number of nitrogens with one attached hydrogen (secondary N) is 2. The third-order valence-electron chi connectivity index (χ3n) is 4.04. The van der Waals surface area contributed by atoms with Crippen molar-refractivity contribution in [3.8, 4) is 0 Å². The summed E-state index contributed by atoms with van der Waals surface area (Å²) in [6.45, 7) is 11.4. The van der Waals surface area contributed by atoms with Crippen LogP contribution in [0.1, 0.15) is 47.0 Å². The normalized spacial score (nSPS) is 21.0. The number of guanidine groups is 1. The second-order valence-corrected chi connectivity index (χ2v) is 5.99. The second-order valence-electron chi connectivity index (χ2n) is 5.99. The van der Waals surface area contributed by atoms with Gasteiger partial charge in [-0.05, 0) is 33.1 Å². The average molecular weight is 315 g/mol. The molecule has 1 aliphatic rings. The van der Waals surface area contributed by atoms with Gasteiger partial charge in [0, 0.05) is 19.2 Å². The highest BCUT2D eigenvalue weighted by molar-refractivity contribution is 5.80. The Labute approximate surface area is 134 Å². The molecule has 2 atom stereocenters. The van der Waals surface area contributed by atoms with E-state index in [1.54, 1.807) is 0 Å². The van der Waals surface area contributed by atoms with E-state index >= 15 is 0 Å². The zero-order valence-corrected chi connectivity index (χ0v) is 14.5. The van der Waals surface area contributed by atoms with Gasteiger partial charge in [-0.15, -0.1) is 0 Å². The monoisotopic (exact) mass is 315 g/mol. The van der Waals surface area contributed by atoms with E-state index in [-0.39, 0.29) is 12.1 Å². The lowest BCUT2D eigenvalue weighted by Crippen LogP contribution is -2.45. The van der Waals surface area contributed by atoms with Crippen LogP contribution in [0.4, 0.5) is 0 Å². The number of rotatable bonds is 9. The first-order valence-corrected chi connectivity index (χ1v) is 8.49. The van der Waals surface area contributed by atoms with Crippen LogP contribution < -0.4 is 10.6 Å². The van der Waals surface area contributed by atoms with Crippen molar-refractivity contribution in [2.75, 3.05) is 32.9 Å². The molecule has 2 unspecified atom stereocenters. The van der Waals surface area contributed by atoms with Gasteiger partial charge in [0.1, 0.15) is 0 Å². The summed E-state index contributed by atoms with van der Waals surface area (Å²) >= 11 is 0. The van der Waals surface area contributed by atoms with Crippen LogP contribution in [0.2, 0.25) is 0 Å². The van der Waals surface area contributed by atoms with Gasteiger partial charge in [-0.25, -0.2) is 0 Å². The van der Waals surface area contributed by atoms with Crippen LogP contribution in [0.15, 0.2) is 4.99 Å². The van der Waals surface area contributed by atoms with Crippen LogP contribution in [0.5, 0.6) is 0 Å². The maximum atomic E-state index is 10.3. The molecule has 0 aromatic heterocycles. The van der Waals surface area contributed by atoms with Crippen LogP contribution in [-0.4, -0.2) is 61.7 Å². The first-order valence-electron chi connectivity index (χ1n) is 8.49. The topological polar surface area (TPSA) is 75.1 Å². The minimum atomic E-state index is -0.719. The zero-order chi connectivity index (χ0) is 16.4. The van der Waals surface area contributed by atoms with Crippen LogP contribution in [-0.2, 0) is 9.47 Å². The predicted octanol–water partition coefficient (Wildman–Crippen LogP) is 1.29. The largest absolute Gasteiger partial charge is 0.388 e. The van der Waals surface area contributed by atoms with Crippen molar-refractivity contribution < 1.29 is 14.6 Å². The lowest BCUT2D eigenvalue weighted by atomic mass is 9.98. The van der Waals surface area contributed by atoms with Crippen molar-refractivity contribution in [1.82, 2.24) is 10.6 Å². The third kappa shape index (κ3) is 6.94. The van der Waals surface area contributed by atoms with E-state index in [4.69, 9.17) is 9.47 Å². The summed E-state index contributed by atoms with van der Waals surface area (Å²) in [6.07, 6.45) is 2.59. The van der Waals surface area contributed by atoms with Crippen molar-refractivity contribution in [2.24, 2.45) is 4.99 Å². The van der Waals surface area contributed by atoms with Crippen molar-refractivity contribution in [2.45, 2.75) is 64.7 Å². The number of hydrogen-bond acceptors (Lipinski definition) is 4. The van der Waals surface area contributed by atoms with Crippen molar-refractivity contribution in [3.63, 3.8) is 0 Å². The summed E-state index contributed by atoms with van der Waals surface area (Å²) in [6, 6.07) is 0.148. The molecule has 0 spiro atoms. The van der Waals surface area contributed by atoms with Gasteiger partial charge in [0.25, 0.3) is 0 Å². The number of ether oxygens (including phenoxy) is 2. The lowest BCUT2D eigenvalue weighted by molar-refractivity contribution is 0.0344. The van der Waals surface area contributed by atoms with Gasteiger partial charge >= 0.3 is 0 Å². The van der Waals surface area contributed by atoms with Gasteiger partial charge in [0.05, 0.1) is 31.5 Å². The minimum Gasteiger partial charge on any atom is -0.388 e. The first-order chi connectivity index (χ1) is 10.5. The third-order valence-corrected chi connectivity index (χ3v) is 4.04. The van der Waals surface area contributed by atoms with Crippen LogP contribution in [0.3, 0.4) is 0 Å². The summed E-state index contributed by atoms with van der Waals surface area (Å²) in [5.74, 6) is 0.724. The van der Waals surface area contributed by atoms with Crippen molar-refractivity contribution in [1.29, 1.82) is 0 Å². The standard InChI is InChI=1S/C16H33N3O3/c1-5-16(20,6-2)12-18-15(17-7-3)19-13(4)10-22-14-8-9-21-11-14/h13-14,20H,5-12H2,1-4H3,(H2,17,18,19). The Balaban J connectivity index is 2.43. The van der Waals surface area contributed by atoms with E-state index < -0.39 is 5.60 Å². The van der Waals surface area contributed by atoms with Crippen molar-refractivity contribution in [3.05, 3.63) is 0 Å². The molecule has 0 saturated carbocycles. The molecule has 1 aliphatic heterocycles. The molecule has 0 aromatic carbocycles. The zero-order valence-electron chi connectivity index (χ0n) is 14.5. The van der Waals surface area contributed by atoms with Gasteiger partial charge < -0.3 is 25.2 Å². The predicted molar refractivity (Wildman–Crippen MR) is 89.3 cm³/mol. The number of hydrogen-bond donors (Lipinski definition) is 3. The van der Waals surface area contributed by atoms with Crippen LogP contribution >= 0.6 is 0 Å². The summed E-state index contributed by atoms with van der Waals surface area (Å²) in [5, 5.41) is 16.9. The van der Waals surface area contributed by atoms with E-state index in [9.17, 15) is 5.11 Å². The van der Waals surface area contributed by atoms with Gasteiger partial charge in [-0.1, -0.05) is 13.8 Å². The molecular weight excluding hydrogens is 282 g/mol. The molecule has 1 heterocycles. The smallest absolute Gasteiger partial charge is 0.191 e. The second kappa shape index (κ2) is 10.0. The molecule has 0 aromatic rings. The average Bonchev–Trinajstić information content (AvgIpc) is 3.04. The maximum Gasteiger partial charge on any atom is 0.191 e. The molecule has 22 heavy (non-hydrogen) atoms. The molecule has 130 valence electrons. The molecule has 1 rings (SSSR count). The minimum absolute atomic E-state index is 0.148. The molecule has 3 N–H and O–H groups in total. The van der Waals surface area contributed by atoms with E-state index in [1.165, 1.54) is 0 Å². The summed E-state index contributed by atoms with van der Waals surface area (Å²) in [4.78, 5) is 4.51. The molecule has 1 saturated heterocycles. The number of nitrogens with zero attached hydrogens (tertiary/aromatic N) is 1. The molecule has 6 nitrogen and oxygen atoms in total. The van der Waals surface area contributed by atoms with Gasteiger partial charge in [-0.2, -0.15) is 0 Å². The Bertz CT molecular complexity index is 327. The van der Waals surface area contributed by atoms with Gasteiger partial charge in [-0.3, -0.25) is 4.99 Å². The molecule has 0 amide bonds. The Hall–Kier alpha value is -0.850. The highest BCUT2D eigenvalue weighted by Gasteiger charge is 2.22. The van der Waals surface area contributed by atoms with Crippen LogP contribution in [0.25, 0.3) is 0 Å². The highest BCUT2D eigenvalue weighted by Crippen LogP contribution is 2.14. The fraction of sp³-hybridized carbons (Fsp3) is 0.938. The van der Waals surface area contributed by atoms with Gasteiger partial charge in [0.15, 0.2) is 5.96 Å².